The van der Waals surface area contributed by atoms with Gasteiger partial charge < -0.3 is 10.2 Å². The van der Waals surface area contributed by atoms with Crippen LogP contribution in [-0.4, -0.2) is 50.5 Å². The van der Waals surface area contributed by atoms with Crippen molar-refractivity contribution in [2.75, 3.05) is 23.7 Å². The van der Waals surface area contributed by atoms with E-state index in [2.05, 4.69) is 5.32 Å². The monoisotopic (exact) mass is 473 g/mol. The van der Waals surface area contributed by atoms with E-state index in [-0.39, 0.29) is 19.0 Å². The Hall–Kier alpha value is -2.87. The summed E-state index contributed by atoms with van der Waals surface area (Å²) in [7, 11) is -3.74. The van der Waals surface area contributed by atoms with Crippen LogP contribution in [0.25, 0.3) is 0 Å². The van der Waals surface area contributed by atoms with Gasteiger partial charge in [-0.05, 0) is 62.9 Å². The number of likely N-dealkylation sites (N-methyl/N-ethyl adjacent to an activating group) is 1. The predicted octanol–water partition coefficient (Wildman–Crippen LogP) is 3.32. The van der Waals surface area contributed by atoms with E-state index in [0.717, 1.165) is 32.8 Å². The number of amides is 2. The van der Waals surface area contributed by atoms with Crippen molar-refractivity contribution in [3.8, 4) is 0 Å². The highest BCUT2D eigenvalue weighted by Crippen LogP contribution is 2.22. The lowest BCUT2D eigenvalue weighted by atomic mass is 10.1. The van der Waals surface area contributed by atoms with Crippen LogP contribution in [0.15, 0.2) is 42.5 Å². The Kier molecular flexibility index (Phi) is 9.05. The van der Waals surface area contributed by atoms with Crippen LogP contribution in [0.4, 0.5) is 5.69 Å². The van der Waals surface area contributed by atoms with Crippen LogP contribution < -0.4 is 9.62 Å². The third-order valence-corrected chi connectivity index (χ3v) is 6.49. The molecule has 2 amide bonds. The summed E-state index contributed by atoms with van der Waals surface area (Å²) < 4.78 is 26.4. The molecule has 0 fully saturated rings. The number of benzene rings is 2. The molecule has 0 spiro atoms. The number of anilines is 1. The van der Waals surface area contributed by atoms with Crippen LogP contribution in [-0.2, 0) is 26.2 Å². The average Bonchev–Trinajstić information content (AvgIpc) is 2.70. The zero-order chi connectivity index (χ0) is 24.8. The van der Waals surface area contributed by atoms with Crippen LogP contribution >= 0.6 is 0 Å². The molecule has 0 radical (unpaired) electrons. The van der Waals surface area contributed by atoms with Gasteiger partial charge in [0.05, 0.1) is 11.9 Å². The predicted molar refractivity (Wildman–Crippen MR) is 133 cm³/mol. The molecule has 33 heavy (non-hydrogen) atoms. The van der Waals surface area contributed by atoms with E-state index in [4.69, 9.17) is 0 Å². The fourth-order valence-electron chi connectivity index (χ4n) is 3.93. The summed E-state index contributed by atoms with van der Waals surface area (Å²) in [6, 6.07) is 12.4. The number of carbonyl (C=O) groups is 2. The maximum Gasteiger partial charge on any atom is 0.244 e. The molecule has 0 aliphatic rings. The summed E-state index contributed by atoms with van der Waals surface area (Å²) in [6.45, 7) is 9.65. The van der Waals surface area contributed by atoms with Crippen LogP contribution in [0.3, 0.4) is 0 Å². The Bertz CT molecular complexity index is 1080. The van der Waals surface area contributed by atoms with Gasteiger partial charge in [-0.25, -0.2) is 8.42 Å². The summed E-state index contributed by atoms with van der Waals surface area (Å²) in [5.74, 6) is -0.683. The molecule has 180 valence electrons. The van der Waals surface area contributed by atoms with E-state index in [1.165, 1.54) is 4.90 Å². The number of rotatable bonds is 10. The highest BCUT2D eigenvalue weighted by Gasteiger charge is 2.31. The molecule has 1 N–H and O–H groups in total. The van der Waals surface area contributed by atoms with Crippen molar-refractivity contribution < 1.29 is 18.0 Å². The van der Waals surface area contributed by atoms with E-state index in [9.17, 15) is 18.0 Å². The summed E-state index contributed by atoms with van der Waals surface area (Å²) in [5, 5.41) is 2.79. The second-order valence-corrected chi connectivity index (χ2v) is 10.4. The van der Waals surface area contributed by atoms with Gasteiger partial charge in [-0.2, -0.15) is 0 Å². The average molecular weight is 474 g/mol. The molecular formula is C25H35N3O4S. The quantitative estimate of drug-likeness (QED) is 0.574. The number of carbonyl (C=O) groups excluding carboxylic acids is 2. The Morgan fingerprint density at radius 2 is 1.61 bits per heavy atom. The third kappa shape index (κ3) is 7.32. The minimum Gasteiger partial charge on any atom is -0.355 e. The van der Waals surface area contributed by atoms with E-state index in [0.29, 0.717) is 18.7 Å². The molecule has 0 heterocycles. The van der Waals surface area contributed by atoms with Crippen molar-refractivity contribution in [3.63, 3.8) is 0 Å². The zero-order valence-electron chi connectivity index (χ0n) is 20.4. The van der Waals surface area contributed by atoms with Gasteiger partial charge in [-0.1, -0.05) is 42.8 Å². The maximum atomic E-state index is 13.6. The fraction of sp³-hybridized carbons (Fsp3) is 0.440. The molecule has 7 nitrogen and oxygen atoms in total. The first-order chi connectivity index (χ1) is 15.5. The fourth-order valence-corrected chi connectivity index (χ4v) is 4.76. The van der Waals surface area contributed by atoms with Crippen LogP contribution in [0, 0.1) is 20.8 Å². The van der Waals surface area contributed by atoms with Crippen molar-refractivity contribution in [1.29, 1.82) is 0 Å². The number of nitrogens with one attached hydrogen (secondary N) is 1. The third-order valence-electron chi connectivity index (χ3n) is 5.35. The molecule has 1 atom stereocenters. The van der Waals surface area contributed by atoms with Gasteiger partial charge in [0.25, 0.3) is 0 Å². The Morgan fingerprint density at radius 3 is 2.12 bits per heavy atom. The molecule has 0 saturated carbocycles. The second kappa shape index (κ2) is 11.3. The highest BCUT2D eigenvalue weighted by molar-refractivity contribution is 7.92. The largest absolute Gasteiger partial charge is 0.355 e. The first-order valence-corrected chi connectivity index (χ1v) is 13.0. The summed E-state index contributed by atoms with van der Waals surface area (Å²) in [6.07, 6.45) is 1.50. The Balaban J connectivity index is 2.46. The second-order valence-electron chi connectivity index (χ2n) is 8.44. The highest BCUT2D eigenvalue weighted by atomic mass is 32.2. The van der Waals surface area contributed by atoms with Gasteiger partial charge in [0.1, 0.15) is 12.6 Å². The number of nitrogens with zero attached hydrogens (tertiary/aromatic N) is 2. The minimum atomic E-state index is -3.74. The number of hydrogen-bond acceptors (Lipinski definition) is 4. The van der Waals surface area contributed by atoms with E-state index < -0.39 is 22.0 Å². The van der Waals surface area contributed by atoms with Crippen LogP contribution in [0.1, 0.15) is 42.5 Å². The van der Waals surface area contributed by atoms with Crippen molar-refractivity contribution >= 4 is 27.5 Å². The van der Waals surface area contributed by atoms with Crippen LogP contribution in [0.5, 0.6) is 0 Å². The number of aryl methyl sites for hydroxylation is 3. The first-order valence-electron chi connectivity index (χ1n) is 11.1. The molecule has 0 aromatic heterocycles. The normalized spacial score (nSPS) is 12.2. The molecule has 0 bridgehead atoms. The summed E-state index contributed by atoms with van der Waals surface area (Å²) in [4.78, 5) is 27.9. The minimum absolute atomic E-state index is 0.209. The van der Waals surface area contributed by atoms with Gasteiger partial charge in [-0.15, -0.1) is 0 Å². The van der Waals surface area contributed by atoms with Crippen molar-refractivity contribution in [2.24, 2.45) is 0 Å². The van der Waals surface area contributed by atoms with E-state index >= 15 is 0 Å². The molecule has 0 unspecified atom stereocenters. The maximum absolute atomic E-state index is 13.6. The van der Waals surface area contributed by atoms with Gasteiger partial charge in [-0.3, -0.25) is 13.9 Å². The molecule has 0 aliphatic carbocycles. The molecular weight excluding hydrogens is 438 g/mol. The SMILES string of the molecule is CCNC(=O)[C@H](CC)N(Cc1cccc(C)c1)C(=O)CN(c1cc(C)cc(C)c1)S(C)(=O)=O. The molecule has 0 aliphatic heterocycles. The van der Waals surface area contributed by atoms with Gasteiger partial charge >= 0.3 is 0 Å². The Labute approximate surface area is 197 Å². The van der Waals surface area contributed by atoms with E-state index in [1.54, 1.807) is 12.1 Å². The van der Waals surface area contributed by atoms with Crippen molar-refractivity contribution in [2.45, 2.75) is 53.6 Å². The number of sulfonamides is 1. The lowest BCUT2D eigenvalue weighted by Crippen LogP contribution is -2.52. The van der Waals surface area contributed by atoms with Gasteiger partial charge in [0, 0.05) is 13.1 Å². The Morgan fingerprint density at radius 1 is 0.970 bits per heavy atom. The lowest BCUT2D eigenvalue weighted by molar-refractivity contribution is -0.140. The standard InChI is InChI=1S/C25H35N3O4S/c1-7-23(25(30)26-8-2)27(16-21-11-9-10-18(3)13-21)24(29)17-28(33(6,31)32)22-14-19(4)12-20(5)15-22/h9-15,23H,7-8,16-17H2,1-6H3,(H,26,30)/t23-/m0/s1. The van der Waals surface area contributed by atoms with Crippen LogP contribution in [0.2, 0.25) is 0 Å². The summed E-state index contributed by atoms with van der Waals surface area (Å²) in [5.41, 5.74) is 4.15. The van der Waals surface area contributed by atoms with Gasteiger partial charge in [0.15, 0.2) is 0 Å². The zero-order valence-corrected chi connectivity index (χ0v) is 21.2. The van der Waals surface area contributed by atoms with Crippen molar-refractivity contribution in [3.05, 3.63) is 64.7 Å². The van der Waals surface area contributed by atoms with Crippen molar-refractivity contribution in [1.82, 2.24) is 10.2 Å². The smallest absolute Gasteiger partial charge is 0.244 e. The summed E-state index contributed by atoms with van der Waals surface area (Å²) >= 11 is 0. The van der Waals surface area contributed by atoms with E-state index in [1.807, 2.05) is 65.0 Å². The molecule has 2 aromatic rings. The number of hydrogen-bond donors (Lipinski definition) is 1. The van der Waals surface area contributed by atoms with Gasteiger partial charge in [0.2, 0.25) is 21.8 Å². The first kappa shape index (κ1) is 26.4. The molecule has 8 heteroatoms. The topological polar surface area (TPSA) is 86.8 Å². The molecule has 2 aromatic carbocycles. The lowest BCUT2D eigenvalue weighted by Gasteiger charge is -2.33. The molecule has 0 saturated heterocycles. The molecule has 2 rings (SSSR count).